The second-order valence-corrected chi connectivity index (χ2v) is 7.35. The molecule has 3 aromatic rings. The molecule has 0 amide bonds. The van der Waals surface area contributed by atoms with Gasteiger partial charge in [-0.05, 0) is 37.0 Å². The topological polar surface area (TPSA) is 26.3 Å². The molecule has 0 fully saturated rings. The van der Waals surface area contributed by atoms with E-state index >= 15 is 0 Å². The van der Waals surface area contributed by atoms with E-state index in [1.165, 1.54) is 5.56 Å². The van der Waals surface area contributed by atoms with E-state index in [0.717, 1.165) is 24.0 Å². The van der Waals surface area contributed by atoms with Crippen LogP contribution in [-0.2, 0) is 11.2 Å². The molecule has 0 saturated carbocycles. The highest BCUT2D eigenvalue weighted by Gasteiger charge is 2.20. The quantitative estimate of drug-likeness (QED) is 0.379. The van der Waals surface area contributed by atoms with Crippen LogP contribution in [0.1, 0.15) is 47.4 Å². The van der Waals surface area contributed by atoms with Crippen molar-refractivity contribution in [2.45, 2.75) is 38.4 Å². The van der Waals surface area contributed by atoms with Crippen molar-refractivity contribution in [1.82, 2.24) is 0 Å². The van der Waals surface area contributed by atoms with Crippen molar-refractivity contribution in [3.8, 4) is 0 Å². The van der Waals surface area contributed by atoms with Crippen molar-refractivity contribution in [2.75, 3.05) is 0 Å². The van der Waals surface area contributed by atoms with Gasteiger partial charge in [0, 0.05) is 17.0 Å². The first-order valence-corrected chi connectivity index (χ1v) is 10.0. The van der Waals surface area contributed by atoms with E-state index in [-0.39, 0.29) is 18.0 Å². The molecule has 0 spiro atoms. The number of benzene rings is 3. The Hall–Kier alpha value is -2.42. The SMILES string of the molecule is C[C@@H](O[C@@H](CCc1ccccc1)CC(=O)c1ccccc1)c1ccccc1Cl. The van der Waals surface area contributed by atoms with Crippen LogP contribution in [0.2, 0.25) is 5.02 Å². The fourth-order valence-electron chi connectivity index (χ4n) is 3.31. The normalized spacial score (nSPS) is 13.1. The Morgan fingerprint density at radius 2 is 1.50 bits per heavy atom. The van der Waals surface area contributed by atoms with Crippen molar-refractivity contribution >= 4 is 17.4 Å². The molecule has 0 saturated heterocycles. The number of ketones is 1. The maximum Gasteiger partial charge on any atom is 0.165 e. The van der Waals surface area contributed by atoms with Gasteiger partial charge in [-0.25, -0.2) is 0 Å². The second kappa shape index (κ2) is 10.2. The minimum absolute atomic E-state index is 0.102. The third kappa shape index (κ3) is 5.79. The second-order valence-electron chi connectivity index (χ2n) is 6.94. The van der Waals surface area contributed by atoms with Crippen LogP contribution in [0.15, 0.2) is 84.9 Å². The minimum Gasteiger partial charge on any atom is -0.370 e. The number of halogens is 1. The van der Waals surface area contributed by atoms with Crippen LogP contribution in [0.25, 0.3) is 0 Å². The van der Waals surface area contributed by atoms with E-state index in [9.17, 15) is 4.79 Å². The average molecular weight is 393 g/mol. The van der Waals surface area contributed by atoms with E-state index in [1.54, 1.807) is 0 Å². The van der Waals surface area contributed by atoms with Crippen molar-refractivity contribution in [2.24, 2.45) is 0 Å². The van der Waals surface area contributed by atoms with Gasteiger partial charge in [-0.1, -0.05) is 90.5 Å². The van der Waals surface area contributed by atoms with Gasteiger partial charge in [0.2, 0.25) is 0 Å². The van der Waals surface area contributed by atoms with Crippen LogP contribution in [0.4, 0.5) is 0 Å². The number of hydrogen-bond donors (Lipinski definition) is 0. The maximum absolute atomic E-state index is 12.7. The van der Waals surface area contributed by atoms with Crippen LogP contribution in [0.5, 0.6) is 0 Å². The lowest BCUT2D eigenvalue weighted by atomic mass is 9.99. The smallest absolute Gasteiger partial charge is 0.165 e. The molecule has 2 atom stereocenters. The van der Waals surface area contributed by atoms with Crippen LogP contribution in [0, 0.1) is 0 Å². The van der Waals surface area contributed by atoms with Crippen molar-refractivity contribution in [3.05, 3.63) is 107 Å². The third-order valence-corrected chi connectivity index (χ3v) is 5.19. The van der Waals surface area contributed by atoms with Gasteiger partial charge in [0.1, 0.15) is 0 Å². The number of Topliss-reactive ketones (excluding diaryl/α,β-unsaturated/α-hetero) is 1. The van der Waals surface area contributed by atoms with E-state index in [0.29, 0.717) is 11.4 Å². The number of carbonyl (C=O) groups is 1. The number of aryl methyl sites for hydroxylation is 1. The zero-order chi connectivity index (χ0) is 19.8. The minimum atomic E-state index is -0.182. The van der Waals surface area contributed by atoms with Crippen LogP contribution < -0.4 is 0 Å². The molecule has 3 aromatic carbocycles. The Morgan fingerprint density at radius 3 is 2.18 bits per heavy atom. The fraction of sp³-hybridized carbons (Fsp3) is 0.240. The molecule has 0 N–H and O–H groups in total. The van der Waals surface area contributed by atoms with Crippen LogP contribution in [-0.4, -0.2) is 11.9 Å². The summed E-state index contributed by atoms with van der Waals surface area (Å²) >= 11 is 6.33. The number of ether oxygens (including phenoxy) is 1. The maximum atomic E-state index is 12.7. The molecule has 0 bridgehead atoms. The molecule has 28 heavy (non-hydrogen) atoms. The molecule has 0 unspecified atom stereocenters. The van der Waals surface area contributed by atoms with Gasteiger partial charge in [-0.15, -0.1) is 0 Å². The average Bonchev–Trinajstić information content (AvgIpc) is 2.73. The summed E-state index contributed by atoms with van der Waals surface area (Å²) in [4.78, 5) is 12.7. The van der Waals surface area contributed by atoms with Crippen molar-refractivity contribution in [1.29, 1.82) is 0 Å². The lowest BCUT2D eigenvalue weighted by Gasteiger charge is -2.23. The molecule has 3 heteroatoms. The monoisotopic (exact) mass is 392 g/mol. The molecule has 2 nitrogen and oxygen atoms in total. The third-order valence-electron chi connectivity index (χ3n) is 4.85. The van der Waals surface area contributed by atoms with Gasteiger partial charge in [0.05, 0.1) is 12.2 Å². The largest absolute Gasteiger partial charge is 0.370 e. The highest BCUT2D eigenvalue weighted by molar-refractivity contribution is 6.31. The number of hydrogen-bond acceptors (Lipinski definition) is 2. The highest BCUT2D eigenvalue weighted by Crippen LogP contribution is 2.28. The predicted octanol–water partition coefficient (Wildman–Crippen LogP) is 6.69. The molecule has 0 aromatic heterocycles. The molecule has 0 aliphatic rings. The van der Waals surface area contributed by atoms with Gasteiger partial charge in [-0.2, -0.15) is 0 Å². The molecule has 0 aliphatic heterocycles. The predicted molar refractivity (Wildman–Crippen MR) is 115 cm³/mol. The Morgan fingerprint density at radius 1 is 0.893 bits per heavy atom. The van der Waals surface area contributed by atoms with Gasteiger partial charge < -0.3 is 4.74 Å². The summed E-state index contributed by atoms with van der Waals surface area (Å²) in [5.74, 6) is 0.102. The summed E-state index contributed by atoms with van der Waals surface area (Å²) in [7, 11) is 0. The number of rotatable bonds is 9. The summed E-state index contributed by atoms with van der Waals surface area (Å²) in [5, 5.41) is 0.686. The molecule has 0 heterocycles. The standard InChI is InChI=1S/C25H25ClO2/c1-19(23-14-8-9-15-24(23)26)28-22(17-16-20-10-4-2-5-11-20)18-25(27)21-12-6-3-7-13-21/h2-15,19,22H,16-18H2,1H3/t19-,22+/m1/s1. The summed E-state index contributed by atoms with van der Waals surface area (Å²) in [6, 6.07) is 27.4. The van der Waals surface area contributed by atoms with Gasteiger partial charge in [0.15, 0.2) is 5.78 Å². The Kier molecular flexibility index (Phi) is 7.41. The first-order valence-electron chi connectivity index (χ1n) is 9.65. The fourth-order valence-corrected chi connectivity index (χ4v) is 3.60. The molecule has 0 radical (unpaired) electrons. The first-order chi connectivity index (χ1) is 13.6. The number of carbonyl (C=O) groups excluding carboxylic acids is 1. The summed E-state index contributed by atoms with van der Waals surface area (Å²) < 4.78 is 6.33. The van der Waals surface area contributed by atoms with Crippen molar-refractivity contribution in [3.63, 3.8) is 0 Å². The summed E-state index contributed by atoms with van der Waals surface area (Å²) in [6.07, 6.45) is 1.63. The first kappa shape index (κ1) is 20.3. The molecule has 144 valence electrons. The summed E-state index contributed by atoms with van der Waals surface area (Å²) in [5.41, 5.74) is 2.91. The zero-order valence-electron chi connectivity index (χ0n) is 16.1. The lowest BCUT2D eigenvalue weighted by Crippen LogP contribution is -2.21. The summed E-state index contributed by atoms with van der Waals surface area (Å²) in [6.45, 7) is 1.99. The van der Waals surface area contributed by atoms with Crippen LogP contribution in [0.3, 0.4) is 0 Å². The van der Waals surface area contributed by atoms with E-state index in [1.807, 2.05) is 79.7 Å². The highest BCUT2D eigenvalue weighted by atomic mass is 35.5. The van der Waals surface area contributed by atoms with Crippen molar-refractivity contribution < 1.29 is 9.53 Å². The van der Waals surface area contributed by atoms with Crippen LogP contribution >= 0.6 is 11.6 Å². The molecule has 3 rings (SSSR count). The van der Waals surface area contributed by atoms with E-state index < -0.39 is 0 Å². The zero-order valence-corrected chi connectivity index (χ0v) is 16.8. The van der Waals surface area contributed by atoms with Gasteiger partial charge in [0.25, 0.3) is 0 Å². The Labute approximate surface area is 172 Å². The van der Waals surface area contributed by atoms with E-state index in [4.69, 9.17) is 16.3 Å². The van der Waals surface area contributed by atoms with Gasteiger partial charge in [-0.3, -0.25) is 4.79 Å². The Bertz CT molecular complexity index is 877. The Balaban J connectivity index is 1.71. The molecule has 0 aliphatic carbocycles. The van der Waals surface area contributed by atoms with Gasteiger partial charge >= 0.3 is 0 Å². The molecular formula is C25H25ClO2. The van der Waals surface area contributed by atoms with E-state index in [2.05, 4.69) is 12.1 Å². The lowest BCUT2D eigenvalue weighted by molar-refractivity contribution is -0.00915. The molecular weight excluding hydrogens is 368 g/mol.